The Hall–Kier alpha value is -0.840. The van der Waals surface area contributed by atoms with Crippen molar-refractivity contribution in [2.75, 3.05) is 0 Å². The van der Waals surface area contributed by atoms with E-state index in [1.807, 2.05) is 0 Å². The fourth-order valence-corrected chi connectivity index (χ4v) is 2.99. The molecule has 3 unspecified atom stereocenters. The van der Waals surface area contributed by atoms with Gasteiger partial charge in [0.25, 0.3) is 0 Å². The first kappa shape index (κ1) is 9.71. The largest absolute Gasteiger partial charge is 0.359 e. The number of urea groups is 1. The molecule has 2 aliphatic rings. The van der Waals surface area contributed by atoms with E-state index in [0.29, 0.717) is 11.2 Å². The molecule has 0 spiro atoms. The first-order valence-electron chi connectivity index (χ1n) is 5.02. The lowest BCUT2D eigenvalue weighted by molar-refractivity contribution is 0.252. The zero-order valence-electron chi connectivity index (χ0n) is 7.95. The van der Waals surface area contributed by atoms with Crippen LogP contribution in [0.1, 0.15) is 25.7 Å². The number of rotatable bonds is 1. The molecule has 2 aliphatic carbocycles. The predicted octanol–water partition coefficient (Wildman–Crippen LogP) is 0.718. The summed E-state index contributed by atoms with van der Waals surface area (Å²) >= 11 is 4.96. The van der Waals surface area contributed by atoms with Crippen molar-refractivity contribution in [2.24, 2.45) is 17.6 Å². The molecule has 2 fully saturated rings. The Kier molecular flexibility index (Phi) is 2.58. The van der Waals surface area contributed by atoms with Gasteiger partial charge in [0.1, 0.15) is 0 Å². The maximum Gasteiger partial charge on any atom is 0.318 e. The summed E-state index contributed by atoms with van der Waals surface area (Å²) in [7, 11) is 0. The van der Waals surface area contributed by atoms with Crippen molar-refractivity contribution < 1.29 is 4.79 Å². The van der Waals surface area contributed by atoms with Gasteiger partial charge in [-0.05, 0) is 43.3 Å². The standard InChI is InChI=1S/C9H15N3OS/c10-8(13)12-9(14)11-7-4-5-1-2-6(7)3-5/h5-7H,1-4H2,(H4,10,11,12,13,14). The van der Waals surface area contributed by atoms with E-state index in [2.05, 4.69) is 10.6 Å². The van der Waals surface area contributed by atoms with Crippen molar-refractivity contribution in [2.45, 2.75) is 31.7 Å². The molecule has 0 aromatic rings. The Morgan fingerprint density at radius 2 is 2.14 bits per heavy atom. The maximum absolute atomic E-state index is 10.5. The molecule has 0 aliphatic heterocycles. The number of carbonyl (C=O) groups excluding carboxylic acids is 1. The fourth-order valence-electron chi connectivity index (χ4n) is 2.74. The van der Waals surface area contributed by atoms with E-state index >= 15 is 0 Å². The Balaban J connectivity index is 1.81. The van der Waals surface area contributed by atoms with Crippen LogP contribution in [0.2, 0.25) is 0 Å². The van der Waals surface area contributed by atoms with Crippen LogP contribution in [0.15, 0.2) is 0 Å². The van der Waals surface area contributed by atoms with Gasteiger partial charge in [-0.25, -0.2) is 4.79 Å². The highest BCUT2D eigenvalue weighted by Crippen LogP contribution is 2.44. The molecule has 4 nitrogen and oxygen atoms in total. The third kappa shape index (κ3) is 1.97. The molecule has 14 heavy (non-hydrogen) atoms. The molecule has 5 heteroatoms. The van der Waals surface area contributed by atoms with Crippen molar-refractivity contribution in [3.05, 3.63) is 0 Å². The number of amides is 2. The summed E-state index contributed by atoms with van der Waals surface area (Å²) in [5.41, 5.74) is 4.97. The smallest absolute Gasteiger partial charge is 0.318 e. The lowest BCUT2D eigenvalue weighted by Gasteiger charge is -2.23. The summed E-state index contributed by atoms with van der Waals surface area (Å²) in [6.07, 6.45) is 5.16. The minimum atomic E-state index is -0.592. The number of nitrogens with one attached hydrogen (secondary N) is 2. The number of thiocarbonyl (C=S) groups is 1. The van der Waals surface area contributed by atoms with Crippen LogP contribution in [0, 0.1) is 11.8 Å². The minimum absolute atomic E-state index is 0.370. The summed E-state index contributed by atoms with van der Waals surface area (Å²) in [6.45, 7) is 0. The highest BCUT2D eigenvalue weighted by Gasteiger charge is 2.39. The topological polar surface area (TPSA) is 67.2 Å². The quantitative estimate of drug-likeness (QED) is 0.562. The highest BCUT2D eigenvalue weighted by molar-refractivity contribution is 7.80. The van der Waals surface area contributed by atoms with Crippen LogP contribution in [-0.4, -0.2) is 17.2 Å². The molecule has 2 rings (SSSR count). The van der Waals surface area contributed by atoms with Crippen LogP contribution < -0.4 is 16.4 Å². The molecule has 0 heterocycles. The number of nitrogens with two attached hydrogens (primary N) is 1. The maximum atomic E-state index is 10.5. The van der Waals surface area contributed by atoms with E-state index < -0.39 is 6.03 Å². The molecule has 0 saturated heterocycles. The van der Waals surface area contributed by atoms with Crippen LogP contribution in [0.3, 0.4) is 0 Å². The van der Waals surface area contributed by atoms with Crippen molar-refractivity contribution in [1.29, 1.82) is 0 Å². The first-order valence-corrected chi connectivity index (χ1v) is 5.43. The summed E-state index contributed by atoms with van der Waals surface area (Å²) in [5, 5.41) is 5.92. The van der Waals surface area contributed by atoms with E-state index in [-0.39, 0.29) is 0 Å². The van der Waals surface area contributed by atoms with Gasteiger partial charge < -0.3 is 11.1 Å². The van der Waals surface area contributed by atoms with Crippen LogP contribution >= 0.6 is 12.2 Å². The molecular weight excluding hydrogens is 198 g/mol. The average Bonchev–Trinajstić information content (AvgIpc) is 2.62. The summed E-state index contributed by atoms with van der Waals surface area (Å²) < 4.78 is 0. The number of carbonyl (C=O) groups is 1. The molecule has 0 aromatic carbocycles. The molecule has 78 valence electrons. The van der Waals surface area contributed by atoms with E-state index in [1.54, 1.807) is 0 Å². The zero-order chi connectivity index (χ0) is 10.1. The summed E-state index contributed by atoms with van der Waals surface area (Å²) in [5.74, 6) is 1.61. The van der Waals surface area contributed by atoms with Gasteiger partial charge in [-0.1, -0.05) is 6.42 Å². The molecule has 2 bridgehead atoms. The third-order valence-corrected chi connectivity index (χ3v) is 3.51. The van der Waals surface area contributed by atoms with E-state index in [1.165, 1.54) is 25.7 Å². The third-order valence-electron chi connectivity index (χ3n) is 3.29. The van der Waals surface area contributed by atoms with Crippen LogP contribution in [0.4, 0.5) is 4.79 Å². The Bertz CT molecular complexity index is 269. The van der Waals surface area contributed by atoms with Crippen LogP contribution in [-0.2, 0) is 0 Å². The van der Waals surface area contributed by atoms with Crippen LogP contribution in [0.25, 0.3) is 0 Å². The number of hydrogen-bond acceptors (Lipinski definition) is 2. The summed E-state index contributed by atoms with van der Waals surface area (Å²) in [6, 6.07) is -0.140. The van der Waals surface area contributed by atoms with Gasteiger partial charge in [0, 0.05) is 6.04 Å². The average molecular weight is 213 g/mol. The van der Waals surface area contributed by atoms with Crippen molar-refractivity contribution in [3.63, 3.8) is 0 Å². The van der Waals surface area contributed by atoms with E-state index in [9.17, 15) is 4.79 Å². The van der Waals surface area contributed by atoms with Crippen molar-refractivity contribution in [3.8, 4) is 0 Å². The Labute approximate surface area is 88.6 Å². The van der Waals surface area contributed by atoms with Gasteiger partial charge in [0.15, 0.2) is 5.11 Å². The number of fused-ring (bicyclic) bond motifs is 2. The van der Waals surface area contributed by atoms with Crippen LogP contribution in [0.5, 0.6) is 0 Å². The van der Waals surface area contributed by atoms with Gasteiger partial charge in [0.2, 0.25) is 0 Å². The van der Waals surface area contributed by atoms with E-state index in [4.69, 9.17) is 18.0 Å². The molecular formula is C9H15N3OS. The van der Waals surface area contributed by atoms with Gasteiger partial charge in [-0.15, -0.1) is 0 Å². The van der Waals surface area contributed by atoms with Gasteiger partial charge in [0.05, 0.1) is 0 Å². The second kappa shape index (κ2) is 3.73. The van der Waals surface area contributed by atoms with E-state index in [0.717, 1.165) is 11.8 Å². The van der Waals surface area contributed by atoms with Gasteiger partial charge in [-0.3, -0.25) is 5.32 Å². The fraction of sp³-hybridized carbons (Fsp3) is 0.778. The van der Waals surface area contributed by atoms with Gasteiger partial charge >= 0.3 is 6.03 Å². The second-order valence-electron chi connectivity index (χ2n) is 4.24. The zero-order valence-corrected chi connectivity index (χ0v) is 8.77. The molecule has 0 radical (unpaired) electrons. The molecule has 2 saturated carbocycles. The lowest BCUT2D eigenvalue weighted by Crippen LogP contribution is -2.47. The monoisotopic (exact) mass is 213 g/mol. The molecule has 4 N–H and O–H groups in total. The minimum Gasteiger partial charge on any atom is -0.359 e. The number of primary amides is 1. The Morgan fingerprint density at radius 3 is 2.64 bits per heavy atom. The first-order chi connectivity index (χ1) is 6.65. The van der Waals surface area contributed by atoms with Crippen molar-refractivity contribution in [1.82, 2.24) is 10.6 Å². The lowest BCUT2D eigenvalue weighted by atomic mass is 9.96. The second-order valence-corrected chi connectivity index (χ2v) is 4.65. The van der Waals surface area contributed by atoms with Crippen molar-refractivity contribution >= 4 is 23.4 Å². The Morgan fingerprint density at radius 1 is 1.36 bits per heavy atom. The molecule has 2 amide bonds. The summed E-state index contributed by atoms with van der Waals surface area (Å²) in [4.78, 5) is 10.5. The number of hydrogen-bond donors (Lipinski definition) is 3. The van der Waals surface area contributed by atoms with Gasteiger partial charge in [-0.2, -0.15) is 0 Å². The molecule has 3 atom stereocenters. The molecule has 0 aromatic heterocycles. The SMILES string of the molecule is NC(=O)NC(=S)NC1CC2CCC1C2. The predicted molar refractivity (Wildman–Crippen MR) is 57.7 cm³/mol. The highest BCUT2D eigenvalue weighted by atomic mass is 32.1. The normalized spacial score (nSPS) is 34.1.